The number of aryl methyl sites for hydroxylation is 1. The van der Waals surface area contributed by atoms with E-state index in [0.29, 0.717) is 0 Å². The summed E-state index contributed by atoms with van der Waals surface area (Å²) in [6.07, 6.45) is 14.1. The predicted molar refractivity (Wildman–Crippen MR) is 84.5 cm³/mol. The SMILES string of the molecule is C=CC1CCC(c2ccc(CC/C=C/C)cc2)CC1. The number of hydrogen-bond donors (Lipinski definition) is 0. The molecule has 0 heterocycles. The van der Waals surface area contributed by atoms with Crippen molar-refractivity contribution in [2.75, 3.05) is 0 Å². The first-order valence-electron chi connectivity index (χ1n) is 7.66. The molecule has 0 amide bonds. The summed E-state index contributed by atoms with van der Waals surface area (Å²) < 4.78 is 0. The molecule has 1 aliphatic rings. The number of rotatable bonds is 5. The van der Waals surface area contributed by atoms with Gasteiger partial charge in [-0.15, -0.1) is 6.58 Å². The maximum atomic E-state index is 3.92. The largest absolute Gasteiger partial charge is 0.103 e. The molecule has 0 heteroatoms. The molecule has 0 saturated heterocycles. The van der Waals surface area contributed by atoms with Gasteiger partial charge in [0.1, 0.15) is 0 Å². The van der Waals surface area contributed by atoms with Crippen molar-refractivity contribution < 1.29 is 0 Å². The fraction of sp³-hybridized carbons (Fsp3) is 0.474. The minimum Gasteiger partial charge on any atom is -0.103 e. The molecule has 0 bridgehead atoms. The lowest BCUT2D eigenvalue weighted by atomic mass is 9.78. The zero-order valence-corrected chi connectivity index (χ0v) is 12.1. The van der Waals surface area contributed by atoms with Crippen molar-refractivity contribution in [3.63, 3.8) is 0 Å². The normalized spacial score (nSPS) is 23.6. The molecule has 1 aromatic carbocycles. The van der Waals surface area contributed by atoms with E-state index >= 15 is 0 Å². The summed E-state index contributed by atoms with van der Waals surface area (Å²) >= 11 is 0. The summed E-state index contributed by atoms with van der Waals surface area (Å²) in [6.45, 7) is 6.01. The van der Waals surface area contributed by atoms with Crippen molar-refractivity contribution in [2.24, 2.45) is 5.92 Å². The number of hydrogen-bond acceptors (Lipinski definition) is 0. The molecular weight excluding hydrogens is 228 g/mol. The van der Waals surface area contributed by atoms with Crippen molar-refractivity contribution in [1.82, 2.24) is 0 Å². The molecule has 0 N–H and O–H groups in total. The van der Waals surface area contributed by atoms with Gasteiger partial charge in [0.15, 0.2) is 0 Å². The molecule has 102 valence electrons. The van der Waals surface area contributed by atoms with Crippen LogP contribution in [-0.4, -0.2) is 0 Å². The van der Waals surface area contributed by atoms with E-state index in [9.17, 15) is 0 Å². The lowest BCUT2D eigenvalue weighted by Crippen LogP contribution is -2.11. The molecule has 1 saturated carbocycles. The topological polar surface area (TPSA) is 0 Å². The first kappa shape index (κ1) is 14.1. The molecule has 0 aromatic heterocycles. The van der Waals surface area contributed by atoms with Gasteiger partial charge in [-0.05, 0) is 68.4 Å². The molecule has 0 aliphatic heterocycles. The molecule has 0 radical (unpaired) electrons. The standard InChI is InChI=1S/C19H26/c1-3-5-6-7-17-10-14-19(15-11-17)18-12-8-16(4-2)9-13-18/h3-5,10-11,14-16,18H,2,6-9,12-13H2,1H3/b5-3+. The highest BCUT2D eigenvalue weighted by Crippen LogP contribution is 2.36. The van der Waals surface area contributed by atoms with Crippen LogP contribution in [0, 0.1) is 5.92 Å². The molecule has 0 spiro atoms. The minimum absolute atomic E-state index is 0.761. The second-order valence-electron chi connectivity index (χ2n) is 5.70. The molecule has 2 rings (SSSR count). The maximum Gasteiger partial charge on any atom is -0.0162 e. The average molecular weight is 254 g/mol. The van der Waals surface area contributed by atoms with Gasteiger partial charge in [-0.25, -0.2) is 0 Å². The third kappa shape index (κ3) is 4.09. The van der Waals surface area contributed by atoms with Crippen LogP contribution in [0.1, 0.15) is 56.1 Å². The monoisotopic (exact) mass is 254 g/mol. The van der Waals surface area contributed by atoms with Crippen LogP contribution < -0.4 is 0 Å². The lowest BCUT2D eigenvalue weighted by molar-refractivity contribution is 0.376. The van der Waals surface area contributed by atoms with E-state index < -0.39 is 0 Å². The van der Waals surface area contributed by atoms with E-state index in [4.69, 9.17) is 0 Å². The van der Waals surface area contributed by atoms with E-state index in [1.54, 1.807) is 0 Å². The van der Waals surface area contributed by atoms with Crippen molar-refractivity contribution in [1.29, 1.82) is 0 Å². The summed E-state index contributed by atoms with van der Waals surface area (Å²) in [4.78, 5) is 0. The first-order valence-corrected chi connectivity index (χ1v) is 7.66. The van der Waals surface area contributed by atoms with Crippen LogP contribution >= 0.6 is 0 Å². The van der Waals surface area contributed by atoms with E-state index in [1.165, 1.54) is 36.8 Å². The van der Waals surface area contributed by atoms with E-state index in [2.05, 4.69) is 56.0 Å². The fourth-order valence-electron chi connectivity index (χ4n) is 3.06. The van der Waals surface area contributed by atoms with Crippen LogP contribution in [0.5, 0.6) is 0 Å². The summed E-state index contributed by atoms with van der Waals surface area (Å²) in [5.74, 6) is 1.54. The summed E-state index contributed by atoms with van der Waals surface area (Å²) in [6, 6.07) is 9.34. The Balaban J connectivity index is 1.89. The van der Waals surface area contributed by atoms with Gasteiger partial charge < -0.3 is 0 Å². The van der Waals surface area contributed by atoms with Crippen molar-refractivity contribution >= 4 is 0 Å². The third-order valence-corrected chi connectivity index (χ3v) is 4.39. The molecule has 0 unspecified atom stereocenters. The first-order chi connectivity index (χ1) is 9.33. The maximum absolute atomic E-state index is 3.92. The zero-order valence-electron chi connectivity index (χ0n) is 12.1. The van der Waals surface area contributed by atoms with E-state index in [1.807, 2.05) is 0 Å². The summed E-state index contributed by atoms with van der Waals surface area (Å²) in [7, 11) is 0. The third-order valence-electron chi connectivity index (χ3n) is 4.39. The molecule has 0 atom stereocenters. The Hall–Kier alpha value is -1.30. The molecule has 1 fully saturated rings. The molecule has 19 heavy (non-hydrogen) atoms. The Labute approximate surface area is 118 Å². The smallest absolute Gasteiger partial charge is 0.0162 e. The average Bonchev–Trinajstić information content (AvgIpc) is 2.48. The van der Waals surface area contributed by atoms with Crippen molar-refractivity contribution in [2.45, 2.75) is 51.4 Å². The number of benzene rings is 1. The summed E-state index contributed by atoms with van der Waals surface area (Å²) in [5, 5.41) is 0. The molecule has 1 aliphatic carbocycles. The second-order valence-corrected chi connectivity index (χ2v) is 5.70. The van der Waals surface area contributed by atoms with Gasteiger partial charge in [0.2, 0.25) is 0 Å². The van der Waals surface area contributed by atoms with Gasteiger partial charge in [-0.3, -0.25) is 0 Å². The Morgan fingerprint density at radius 3 is 2.37 bits per heavy atom. The van der Waals surface area contributed by atoms with Gasteiger partial charge in [0.05, 0.1) is 0 Å². The quantitative estimate of drug-likeness (QED) is 0.595. The predicted octanol–water partition coefficient (Wildman–Crippen LogP) is 5.66. The zero-order chi connectivity index (χ0) is 13.5. The Morgan fingerprint density at radius 1 is 1.11 bits per heavy atom. The highest BCUT2D eigenvalue weighted by atomic mass is 14.2. The van der Waals surface area contributed by atoms with Gasteiger partial charge in [-0.2, -0.15) is 0 Å². The van der Waals surface area contributed by atoms with Gasteiger partial charge in [-0.1, -0.05) is 42.5 Å². The van der Waals surface area contributed by atoms with Gasteiger partial charge in [0, 0.05) is 0 Å². The minimum atomic E-state index is 0.761. The highest BCUT2D eigenvalue weighted by Gasteiger charge is 2.20. The highest BCUT2D eigenvalue weighted by molar-refractivity contribution is 5.26. The van der Waals surface area contributed by atoms with Crippen LogP contribution in [0.3, 0.4) is 0 Å². The van der Waals surface area contributed by atoms with E-state index in [-0.39, 0.29) is 0 Å². The molecule has 0 nitrogen and oxygen atoms in total. The van der Waals surface area contributed by atoms with Crippen LogP contribution in [0.4, 0.5) is 0 Å². The lowest BCUT2D eigenvalue weighted by Gasteiger charge is -2.27. The summed E-state index contributed by atoms with van der Waals surface area (Å²) in [5.41, 5.74) is 3.00. The Kier molecular flexibility index (Phi) is 5.44. The van der Waals surface area contributed by atoms with Gasteiger partial charge >= 0.3 is 0 Å². The van der Waals surface area contributed by atoms with Crippen LogP contribution in [-0.2, 0) is 6.42 Å². The second kappa shape index (κ2) is 7.33. The van der Waals surface area contributed by atoms with Crippen LogP contribution in [0.15, 0.2) is 49.1 Å². The Morgan fingerprint density at radius 2 is 1.79 bits per heavy atom. The van der Waals surface area contributed by atoms with Gasteiger partial charge in [0.25, 0.3) is 0 Å². The molecular formula is C19H26. The fourth-order valence-corrected chi connectivity index (χ4v) is 3.06. The van der Waals surface area contributed by atoms with Crippen LogP contribution in [0.2, 0.25) is 0 Å². The van der Waals surface area contributed by atoms with Crippen LogP contribution in [0.25, 0.3) is 0 Å². The van der Waals surface area contributed by atoms with E-state index in [0.717, 1.165) is 24.7 Å². The van der Waals surface area contributed by atoms with Crippen molar-refractivity contribution in [3.05, 3.63) is 60.2 Å². The Bertz CT molecular complexity index is 402. The molecule has 1 aromatic rings. The number of allylic oxidation sites excluding steroid dienone is 3. The van der Waals surface area contributed by atoms with Crippen molar-refractivity contribution in [3.8, 4) is 0 Å².